The van der Waals surface area contributed by atoms with Crippen molar-refractivity contribution in [2.45, 2.75) is 57.8 Å². The van der Waals surface area contributed by atoms with Crippen molar-refractivity contribution in [2.75, 3.05) is 12.5 Å². The molecular formula is C22H27BrN4O3. The van der Waals surface area contributed by atoms with E-state index >= 15 is 0 Å². The number of rotatable bonds is 8. The van der Waals surface area contributed by atoms with Gasteiger partial charge in [0.05, 0.1) is 17.8 Å². The highest BCUT2D eigenvalue weighted by Gasteiger charge is 2.27. The van der Waals surface area contributed by atoms with Gasteiger partial charge in [0.25, 0.3) is 5.88 Å². The molecule has 160 valence electrons. The van der Waals surface area contributed by atoms with Crippen LogP contribution in [0, 0.1) is 17.2 Å². The maximum absolute atomic E-state index is 9.89. The summed E-state index contributed by atoms with van der Waals surface area (Å²) in [7, 11) is 1.48. The Kier molecular flexibility index (Phi) is 7.75. The van der Waals surface area contributed by atoms with Gasteiger partial charge in [0.15, 0.2) is 11.5 Å². The fourth-order valence-corrected chi connectivity index (χ4v) is 4.30. The van der Waals surface area contributed by atoms with Crippen molar-refractivity contribution in [2.24, 2.45) is 11.0 Å². The number of hydrogen-bond acceptors (Lipinski definition) is 7. The highest BCUT2D eigenvalue weighted by Crippen LogP contribution is 2.38. The molecule has 0 saturated heterocycles. The van der Waals surface area contributed by atoms with Crippen LogP contribution in [0.1, 0.15) is 74.9 Å². The van der Waals surface area contributed by atoms with Gasteiger partial charge in [-0.1, -0.05) is 26.2 Å². The van der Waals surface area contributed by atoms with Gasteiger partial charge in [-0.05, 0) is 65.2 Å². The van der Waals surface area contributed by atoms with Crippen LogP contribution < -0.4 is 10.2 Å². The van der Waals surface area contributed by atoms with Crippen molar-refractivity contribution in [3.63, 3.8) is 0 Å². The first-order chi connectivity index (χ1) is 14.5. The first-order valence-electron chi connectivity index (χ1n) is 10.3. The Balaban J connectivity index is 1.65. The number of unbranched alkanes of at least 4 members (excludes halogenated alkanes) is 1. The van der Waals surface area contributed by atoms with Gasteiger partial charge in [0, 0.05) is 5.92 Å². The summed E-state index contributed by atoms with van der Waals surface area (Å²) in [5.41, 5.74) is 3.69. The van der Waals surface area contributed by atoms with Crippen molar-refractivity contribution in [3.8, 4) is 17.6 Å². The molecule has 0 unspecified atom stereocenters. The predicted octanol–water partition coefficient (Wildman–Crippen LogP) is 5.93. The number of anilines is 1. The molecule has 0 radical (unpaired) electrons. The molecule has 30 heavy (non-hydrogen) atoms. The normalized spacial score (nSPS) is 19.0. The minimum Gasteiger partial charge on any atom is -0.503 e. The number of benzene rings is 1. The molecule has 1 saturated carbocycles. The lowest BCUT2D eigenvalue weighted by Gasteiger charge is -2.26. The molecule has 1 aliphatic carbocycles. The van der Waals surface area contributed by atoms with E-state index in [1.54, 1.807) is 18.3 Å². The van der Waals surface area contributed by atoms with Gasteiger partial charge in [-0.25, -0.2) is 10.4 Å². The molecule has 7 nitrogen and oxygen atoms in total. The molecule has 0 bridgehead atoms. The Morgan fingerprint density at radius 1 is 1.40 bits per heavy atom. The molecule has 2 aromatic rings. The van der Waals surface area contributed by atoms with Gasteiger partial charge in [0.2, 0.25) is 11.6 Å². The standard InChI is InChI=1S/C22H27BrN4O3/c1-3-4-5-14-6-8-16(9-7-14)21-26-18(12-24)22(30-21)27-25-13-15-10-17(23)20(28)19(11-15)29-2/h10-11,13-14,16,27-28H,3-9H2,1-2H3/b25-13+. The van der Waals surface area contributed by atoms with Crippen LogP contribution in [0.25, 0.3) is 0 Å². The summed E-state index contributed by atoms with van der Waals surface area (Å²) in [6.45, 7) is 2.23. The number of aromatic hydroxyl groups is 1. The second-order valence-corrected chi connectivity index (χ2v) is 8.48. The van der Waals surface area contributed by atoms with E-state index in [4.69, 9.17) is 9.15 Å². The largest absolute Gasteiger partial charge is 0.503 e. The van der Waals surface area contributed by atoms with Crippen LogP contribution >= 0.6 is 15.9 Å². The molecule has 0 amide bonds. The van der Waals surface area contributed by atoms with E-state index in [1.165, 1.54) is 39.2 Å². The number of methoxy groups -OCH3 is 1. The Hall–Kier alpha value is -2.53. The molecule has 1 fully saturated rings. The van der Waals surface area contributed by atoms with Gasteiger partial charge >= 0.3 is 0 Å². The fourth-order valence-electron chi connectivity index (χ4n) is 3.84. The lowest BCUT2D eigenvalue weighted by atomic mass is 9.80. The molecular weight excluding hydrogens is 448 g/mol. The number of hydrogen-bond donors (Lipinski definition) is 2. The highest BCUT2D eigenvalue weighted by atomic mass is 79.9. The first kappa shape index (κ1) is 22.2. The fraction of sp³-hybridized carbons (Fsp3) is 0.500. The zero-order valence-electron chi connectivity index (χ0n) is 17.3. The number of ether oxygens (including phenoxy) is 1. The van der Waals surface area contributed by atoms with Crippen molar-refractivity contribution in [3.05, 3.63) is 33.8 Å². The van der Waals surface area contributed by atoms with Crippen LogP contribution in [0.15, 0.2) is 26.1 Å². The molecule has 1 aromatic carbocycles. The number of oxazole rings is 1. The van der Waals surface area contributed by atoms with E-state index < -0.39 is 0 Å². The zero-order valence-corrected chi connectivity index (χ0v) is 18.9. The smallest absolute Gasteiger partial charge is 0.252 e. The van der Waals surface area contributed by atoms with E-state index in [9.17, 15) is 10.4 Å². The quantitative estimate of drug-likeness (QED) is 0.362. The third kappa shape index (κ3) is 5.33. The molecule has 0 aliphatic heterocycles. The van der Waals surface area contributed by atoms with Crippen LogP contribution in [0.5, 0.6) is 11.5 Å². The molecule has 1 aromatic heterocycles. The minimum atomic E-state index is 0.0265. The van der Waals surface area contributed by atoms with Crippen molar-refractivity contribution in [1.82, 2.24) is 4.98 Å². The molecule has 8 heteroatoms. The average Bonchev–Trinajstić information content (AvgIpc) is 3.18. The number of hydrazone groups is 1. The summed E-state index contributed by atoms with van der Waals surface area (Å²) in [5, 5.41) is 23.4. The monoisotopic (exact) mass is 474 g/mol. The Labute approximate surface area is 185 Å². The summed E-state index contributed by atoms with van der Waals surface area (Å²) in [6, 6.07) is 5.43. The van der Waals surface area contributed by atoms with Gasteiger partial charge in [-0.2, -0.15) is 10.4 Å². The first-order valence-corrected chi connectivity index (χ1v) is 11.1. The second kappa shape index (κ2) is 10.5. The summed E-state index contributed by atoms with van der Waals surface area (Å²) in [6.07, 6.45) is 9.86. The van der Waals surface area contributed by atoms with Crippen LogP contribution in [-0.2, 0) is 0 Å². The van der Waals surface area contributed by atoms with Crippen LogP contribution in [-0.4, -0.2) is 23.4 Å². The number of phenolic OH excluding ortho intramolecular Hbond substituents is 1. The maximum Gasteiger partial charge on any atom is 0.252 e. The summed E-state index contributed by atoms with van der Waals surface area (Å²) in [4.78, 5) is 4.39. The minimum absolute atomic E-state index is 0.0265. The molecule has 1 heterocycles. The Morgan fingerprint density at radius 2 is 2.17 bits per heavy atom. The lowest BCUT2D eigenvalue weighted by molar-refractivity contribution is 0.278. The number of phenols is 1. The summed E-state index contributed by atoms with van der Waals surface area (Å²) in [5.74, 6) is 2.29. The number of aromatic nitrogens is 1. The summed E-state index contributed by atoms with van der Waals surface area (Å²) < 4.78 is 11.5. The Morgan fingerprint density at radius 3 is 2.83 bits per heavy atom. The van der Waals surface area contributed by atoms with Gasteiger partial charge in [-0.3, -0.25) is 0 Å². The second-order valence-electron chi connectivity index (χ2n) is 7.63. The highest BCUT2D eigenvalue weighted by molar-refractivity contribution is 9.10. The van der Waals surface area contributed by atoms with E-state index in [0.717, 1.165) is 18.8 Å². The van der Waals surface area contributed by atoms with E-state index in [-0.39, 0.29) is 23.2 Å². The van der Waals surface area contributed by atoms with E-state index in [2.05, 4.69) is 44.4 Å². The van der Waals surface area contributed by atoms with Crippen LogP contribution in [0.2, 0.25) is 0 Å². The van der Waals surface area contributed by atoms with Crippen molar-refractivity contribution < 1.29 is 14.3 Å². The van der Waals surface area contributed by atoms with Gasteiger partial charge in [0.1, 0.15) is 6.07 Å². The van der Waals surface area contributed by atoms with Gasteiger partial charge in [-0.15, -0.1) is 0 Å². The lowest BCUT2D eigenvalue weighted by Crippen LogP contribution is -2.13. The predicted molar refractivity (Wildman–Crippen MR) is 119 cm³/mol. The molecule has 1 aliphatic rings. The van der Waals surface area contributed by atoms with Gasteiger partial charge < -0.3 is 14.3 Å². The summed E-state index contributed by atoms with van der Waals surface area (Å²) >= 11 is 3.28. The number of nitrogens with zero attached hydrogens (tertiary/aromatic N) is 3. The molecule has 2 N–H and O–H groups in total. The third-order valence-electron chi connectivity index (χ3n) is 5.56. The maximum atomic E-state index is 9.89. The van der Waals surface area contributed by atoms with Crippen molar-refractivity contribution >= 4 is 28.0 Å². The molecule has 0 atom stereocenters. The SMILES string of the molecule is CCCCC1CCC(c2nc(C#N)c(N/N=C/c3cc(Br)c(O)c(OC)c3)o2)CC1. The Bertz CT molecular complexity index is 927. The molecule has 0 spiro atoms. The third-order valence-corrected chi connectivity index (χ3v) is 6.17. The van der Waals surface area contributed by atoms with E-state index in [0.29, 0.717) is 21.7 Å². The topological polar surface area (TPSA) is 104 Å². The average molecular weight is 475 g/mol. The van der Waals surface area contributed by atoms with E-state index in [1.807, 2.05) is 0 Å². The number of nitriles is 1. The number of nitrogens with one attached hydrogen (secondary N) is 1. The van der Waals surface area contributed by atoms with Crippen LogP contribution in [0.3, 0.4) is 0 Å². The van der Waals surface area contributed by atoms with Crippen molar-refractivity contribution in [1.29, 1.82) is 5.26 Å². The zero-order chi connectivity index (χ0) is 21.5. The van der Waals surface area contributed by atoms with Crippen LogP contribution in [0.4, 0.5) is 5.88 Å². The number of halogens is 1. The molecule has 3 rings (SSSR count).